The Balaban J connectivity index is 1.76. The molecule has 1 aromatic carbocycles. The zero-order chi connectivity index (χ0) is 21.1. The van der Waals surface area contributed by atoms with Gasteiger partial charge in [-0.15, -0.1) is 11.3 Å². The van der Waals surface area contributed by atoms with E-state index in [0.29, 0.717) is 10.4 Å². The van der Waals surface area contributed by atoms with Crippen molar-refractivity contribution in [3.8, 4) is 0 Å². The monoisotopic (exact) mass is 409 g/mol. The second-order valence-electron chi connectivity index (χ2n) is 7.10. The Labute approximate surface area is 173 Å². The van der Waals surface area contributed by atoms with Crippen LogP contribution >= 0.6 is 11.3 Å². The van der Waals surface area contributed by atoms with Gasteiger partial charge in [0.2, 0.25) is 11.6 Å². The number of ketones is 2. The summed E-state index contributed by atoms with van der Waals surface area (Å²) in [5.74, 6) is -1.18. The van der Waals surface area contributed by atoms with Crippen molar-refractivity contribution < 1.29 is 19.1 Å². The van der Waals surface area contributed by atoms with Crippen LogP contribution in [0.4, 0.5) is 0 Å². The normalized spacial score (nSPS) is 10.9. The standard InChI is InChI=1S/C23H23NO4S/c1-14(2)24-15(3)12-19(16(24)4)20(25)13-28-23(27)18-9-6-5-8-17(18)22(26)21-10-7-11-29-21/h5-12,14H,13H2,1-4H3. The quantitative estimate of drug-likeness (QED) is 0.406. The number of ether oxygens (including phenoxy) is 1. The minimum atomic E-state index is -0.684. The molecule has 0 N–H and O–H groups in total. The van der Waals surface area contributed by atoms with Crippen LogP contribution in [0.15, 0.2) is 47.8 Å². The Morgan fingerprint density at radius 1 is 1.00 bits per heavy atom. The molecule has 0 spiro atoms. The van der Waals surface area contributed by atoms with Crippen LogP contribution in [-0.4, -0.2) is 28.7 Å². The largest absolute Gasteiger partial charge is 0.454 e. The molecule has 6 heteroatoms. The lowest BCUT2D eigenvalue weighted by Gasteiger charge is -2.13. The van der Waals surface area contributed by atoms with E-state index in [1.807, 2.05) is 19.9 Å². The Kier molecular flexibility index (Phi) is 6.13. The highest BCUT2D eigenvalue weighted by molar-refractivity contribution is 7.12. The van der Waals surface area contributed by atoms with Crippen LogP contribution in [0.1, 0.15) is 67.2 Å². The highest BCUT2D eigenvalue weighted by atomic mass is 32.1. The Hall–Kier alpha value is -2.99. The van der Waals surface area contributed by atoms with Crippen LogP contribution < -0.4 is 0 Å². The number of hydrogen-bond donors (Lipinski definition) is 0. The number of Topliss-reactive ketones (excluding diaryl/α,β-unsaturated/α-hetero) is 1. The molecular weight excluding hydrogens is 386 g/mol. The smallest absolute Gasteiger partial charge is 0.339 e. The van der Waals surface area contributed by atoms with Crippen molar-refractivity contribution in [3.63, 3.8) is 0 Å². The summed E-state index contributed by atoms with van der Waals surface area (Å²) in [4.78, 5) is 38.5. The van der Waals surface area contributed by atoms with Crippen molar-refractivity contribution in [2.24, 2.45) is 0 Å². The third kappa shape index (κ3) is 4.22. The molecule has 2 aromatic heterocycles. The second-order valence-corrected chi connectivity index (χ2v) is 8.05. The molecule has 0 aliphatic carbocycles. The second kappa shape index (κ2) is 8.57. The van der Waals surface area contributed by atoms with E-state index in [0.717, 1.165) is 11.4 Å². The predicted octanol–water partition coefficient (Wildman–Crippen LogP) is 5.02. The number of hydrogen-bond acceptors (Lipinski definition) is 5. The molecule has 0 aliphatic heterocycles. The van der Waals surface area contributed by atoms with Crippen LogP contribution in [0.2, 0.25) is 0 Å². The SMILES string of the molecule is Cc1cc(C(=O)COC(=O)c2ccccc2C(=O)c2cccs2)c(C)n1C(C)C. The molecule has 0 aliphatic rings. The molecule has 150 valence electrons. The first-order valence-corrected chi connectivity index (χ1v) is 10.2. The van der Waals surface area contributed by atoms with Gasteiger partial charge < -0.3 is 9.30 Å². The van der Waals surface area contributed by atoms with Gasteiger partial charge in [-0.1, -0.05) is 24.3 Å². The van der Waals surface area contributed by atoms with E-state index in [1.165, 1.54) is 17.4 Å². The van der Waals surface area contributed by atoms with Crippen molar-refractivity contribution in [3.05, 3.63) is 80.8 Å². The van der Waals surface area contributed by atoms with E-state index >= 15 is 0 Å². The van der Waals surface area contributed by atoms with Gasteiger partial charge in [0, 0.05) is 28.6 Å². The minimum Gasteiger partial charge on any atom is -0.454 e. The average Bonchev–Trinajstić information content (AvgIpc) is 3.33. The van der Waals surface area contributed by atoms with Crippen molar-refractivity contribution in [1.29, 1.82) is 0 Å². The highest BCUT2D eigenvalue weighted by Crippen LogP contribution is 2.22. The number of rotatable bonds is 7. The third-order valence-electron chi connectivity index (χ3n) is 4.77. The molecule has 2 heterocycles. The van der Waals surface area contributed by atoms with Crippen LogP contribution in [0.3, 0.4) is 0 Å². The molecule has 3 aromatic rings. The van der Waals surface area contributed by atoms with Crippen molar-refractivity contribution >= 4 is 28.9 Å². The van der Waals surface area contributed by atoms with E-state index in [1.54, 1.807) is 35.7 Å². The Morgan fingerprint density at radius 2 is 1.69 bits per heavy atom. The predicted molar refractivity (Wildman–Crippen MR) is 113 cm³/mol. The van der Waals surface area contributed by atoms with Crippen LogP contribution in [0.25, 0.3) is 0 Å². The maximum absolute atomic E-state index is 12.7. The Bertz CT molecular complexity index is 1060. The molecule has 0 amide bonds. The fourth-order valence-electron chi connectivity index (χ4n) is 3.54. The van der Waals surface area contributed by atoms with E-state index in [4.69, 9.17) is 4.74 Å². The summed E-state index contributed by atoms with van der Waals surface area (Å²) in [6, 6.07) is 12.0. The molecule has 29 heavy (non-hydrogen) atoms. The van der Waals surface area contributed by atoms with E-state index in [-0.39, 0.29) is 35.3 Å². The molecule has 0 fully saturated rings. The first-order valence-electron chi connectivity index (χ1n) is 9.37. The minimum absolute atomic E-state index is 0.159. The summed E-state index contributed by atoms with van der Waals surface area (Å²) in [6.45, 7) is 7.56. The summed E-state index contributed by atoms with van der Waals surface area (Å²) < 4.78 is 7.34. The zero-order valence-corrected chi connectivity index (χ0v) is 17.7. The average molecular weight is 410 g/mol. The topological polar surface area (TPSA) is 65.4 Å². The maximum Gasteiger partial charge on any atom is 0.339 e. The molecule has 0 saturated carbocycles. The lowest BCUT2D eigenvalue weighted by Crippen LogP contribution is -2.17. The first-order chi connectivity index (χ1) is 13.8. The molecule has 0 unspecified atom stereocenters. The Morgan fingerprint density at radius 3 is 2.28 bits per heavy atom. The van der Waals surface area contributed by atoms with Gasteiger partial charge in [-0.25, -0.2) is 4.79 Å². The summed E-state index contributed by atoms with van der Waals surface area (Å²) in [5.41, 5.74) is 2.81. The van der Waals surface area contributed by atoms with Gasteiger partial charge in [0.1, 0.15) is 0 Å². The number of carbonyl (C=O) groups is 3. The first kappa shape index (κ1) is 20.7. The number of aromatic nitrogens is 1. The van der Waals surface area contributed by atoms with Gasteiger partial charge in [0.25, 0.3) is 0 Å². The highest BCUT2D eigenvalue weighted by Gasteiger charge is 2.22. The molecule has 0 radical (unpaired) electrons. The lowest BCUT2D eigenvalue weighted by atomic mass is 10.0. The van der Waals surface area contributed by atoms with Crippen LogP contribution in [0, 0.1) is 13.8 Å². The molecular formula is C23H23NO4S. The molecule has 0 saturated heterocycles. The number of carbonyl (C=O) groups excluding carboxylic acids is 3. The van der Waals surface area contributed by atoms with E-state index in [2.05, 4.69) is 18.4 Å². The fraction of sp³-hybridized carbons (Fsp3) is 0.261. The van der Waals surface area contributed by atoms with Gasteiger partial charge in [-0.2, -0.15) is 0 Å². The van der Waals surface area contributed by atoms with Crippen molar-refractivity contribution in [1.82, 2.24) is 4.57 Å². The van der Waals surface area contributed by atoms with Gasteiger partial charge in [0.05, 0.1) is 10.4 Å². The number of aryl methyl sites for hydroxylation is 1. The van der Waals surface area contributed by atoms with Gasteiger partial charge >= 0.3 is 5.97 Å². The van der Waals surface area contributed by atoms with Crippen LogP contribution in [-0.2, 0) is 4.74 Å². The zero-order valence-electron chi connectivity index (χ0n) is 16.9. The van der Waals surface area contributed by atoms with Gasteiger partial charge in [-0.05, 0) is 51.3 Å². The van der Waals surface area contributed by atoms with Gasteiger partial charge in [0.15, 0.2) is 6.61 Å². The number of benzene rings is 1. The van der Waals surface area contributed by atoms with Crippen molar-refractivity contribution in [2.45, 2.75) is 33.7 Å². The third-order valence-corrected chi connectivity index (χ3v) is 5.64. The summed E-state index contributed by atoms with van der Waals surface area (Å²) in [6.07, 6.45) is 0. The van der Waals surface area contributed by atoms with E-state index < -0.39 is 5.97 Å². The molecule has 5 nitrogen and oxygen atoms in total. The van der Waals surface area contributed by atoms with Gasteiger partial charge in [-0.3, -0.25) is 9.59 Å². The molecule has 0 bridgehead atoms. The lowest BCUT2D eigenvalue weighted by molar-refractivity contribution is 0.0472. The summed E-state index contributed by atoms with van der Waals surface area (Å²) in [5, 5.41) is 1.81. The van der Waals surface area contributed by atoms with E-state index in [9.17, 15) is 14.4 Å². The maximum atomic E-state index is 12.7. The summed E-state index contributed by atoms with van der Waals surface area (Å²) in [7, 11) is 0. The number of esters is 1. The molecule has 0 atom stereocenters. The number of nitrogens with zero attached hydrogens (tertiary/aromatic N) is 1. The summed E-state index contributed by atoms with van der Waals surface area (Å²) >= 11 is 1.31. The fourth-order valence-corrected chi connectivity index (χ4v) is 4.22. The van der Waals surface area contributed by atoms with Crippen molar-refractivity contribution in [2.75, 3.05) is 6.61 Å². The molecule has 3 rings (SSSR count). The van der Waals surface area contributed by atoms with Crippen LogP contribution in [0.5, 0.6) is 0 Å². The number of thiophene rings is 1.